The van der Waals surface area contributed by atoms with Crippen LogP contribution in [0.3, 0.4) is 0 Å². The van der Waals surface area contributed by atoms with E-state index in [-0.39, 0.29) is 12.6 Å². The van der Waals surface area contributed by atoms with Crippen molar-refractivity contribution in [3.8, 4) is 0 Å². The molecule has 1 atom stereocenters. The number of hydrogen-bond acceptors (Lipinski definition) is 4. The van der Waals surface area contributed by atoms with Crippen LogP contribution < -0.4 is 5.32 Å². The van der Waals surface area contributed by atoms with Gasteiger partial charge < -0.3 is 20.1 Å². The first-order valence-corrected chi connectivity index (χ1v) is 6.25. The molecule has 3 N–H and O–H groups in total. The summed E-state index contributed by atoms with van der Waals surface area (Å²) >= 11 is 0. The van der Waals surface area contributed by atoms with Gasteiger partial charge in [-0.25, -0.2) is 4.79 Å². The van der Waals surface area contributed by atoms with Gasteiger partial charge in [-0.3, -0.25) is 0 Å². The zero-order valence-electron chi connectivity index (χ0n) is 11.0. The van der Waals surface area contributed by atoms with E-state index in [1.54, 1.807) is 6.07 Å². The fraction of sp³-hybridized carbons (Fsp3) is 0.615. The van der Waals surface area contributed by atoms with Crippen molar-refractivity contribution in [1.29, 1.82) is 0 Å². The molecule has 0 aliphatic heterocycles. The number of H-pyrrole nitrogens is 1. The highest BCUT2D eigenvalue weighted by Gasteiger charge is 2.07. The maximum absolute atomic E-state index is 11.2. The van der Waals surface area contributed by atoms with Crippen molar-refractivity contribution in [2.24, 2.45) is 5.92 Å². The molecule has 0 aliphatic carbocycles. The average molecular weight is 254 g/mol. The van der Waals surface area contributed by atoms with Gasteiger partial charge in [0.15, 0.2) is 0 Å². The minimum Gasteiger partial charge on any atom is -0.464 e. The number of nitrogens with one attached hydrogen (secondary N) is 2. The van der Waals surface area contributed by atoms with Crippen molar-refractivity contribution in [3.05, 3.63) is 23.5 Å². The van der Waals surface area contributed by atoms with Gasteiger partial charge in [0.1, 0.15) is 5.69 Å². The Balaban J connectivity index is 2.19. The number of hydrogen-bond donors (Lipinski definition) is 3. The van der Waals surface area contributed by atoms with Gasteiger partial charge in [0.2, 0.25) is 0 Å². The van der Waals surface area contributed by atoms with Crippen LogP contribution in [0.25, 0.3) is 0 Å². The van der Waals surface area contributed by atoms with E-state index < -0.39 is 0 Å². The van der Waals surface area contributed by atoms with Gasteiger partial charge in [-0.1, -0.05) is 6.92 Å². The highest BCUT2D eigenvalue weighted by atomic mass is 16.5. The van der Waals surface area contributed by atoms with Crippen molar-refractivity contribution in [3.63, 3.8) is 0 Å². The molecule has 1 aromatic heterocycles. The summed E-state index contributed by atoms with van der Waals surface area (Å²) in [5.41, 5.74) is 1.44. The second-order valence-electron chi connectivity index (χ2n) is 4.50. The molecule has 0 amide bonds. The average Bonchev–Trinajstić information content (AvgIpc) is 2.85. The molecule has 0 saturated carbocycles. The van der Waals surface area contributed by atoms with E-state index in [2.05, 4.69) is 15.0 Å². The van der Waals surface area contributed by atoms with Crippen LogP contribution >= 0.6 is 0 Å². The molecule has 0 aliphatic rings. The summed E-state index contributed by atoms with van der Waals surface area (Å²) < 4.78 is 4.62. The molecule has 0 spiro atoms. The van der Waals surface area contributed by atoms with E-state index in [1.807, 2.05) is 13.0 Å². The zero-order chi connectivity index (χ0) is 13.4. The van der Waals surface area contributed by atoms with E-state index in [9.17, 15) is 4.79 Å². The topological polar surface area (TPSA) is 74.3 Å². The molecule has 1 heterocycles. The fourth-order valence-electron chi connectivity index (χ4n) is 1.66. The van der Waals surface area contributed by atoms with Crippen molar-refractivity contribution in [2.75, 3.05) is 20.3 Å². The Kier molecular flexibility index (Phi) is 6.46. The molecule has 0 fully saturated rings. The Hall–Kier alpha value is -1.33. The molecule has 5 nitrogen and oxygen atoms in total. The van der Waals surface area contributed by atoms with Gasteiger partial charge in [0.05, 0.1) is 7.11 Å². The summed E-state index contributed by atoms with van der Waals surface area (Å²) in [7, 11) is 1.36. The number of carbonyl (C=O) groups excluding carboxylic acids is 1. The molecule has 1 rings (SSSR count). The van der Waals surface area contributed by atoms with E-state index >= 15 is 0 Å². The Bertz CT molecular complexity index is 363. The molecule has 1 aromatic rings. The maximum Gasteiger partial charge on any atom is 0.354 e. The summed E-state index contributed by atoms with van der Waals surface area (Å²) in [5, 5.41) is 12.2. The number of aromatic amines is 1. The Morgan fingerprint density at radius 3 is 3.00 bits per heavy atom. The number of aliphatic hydroxyl groups excluding tert-OH is 1. The molecule has 0 saturated heterocycles. The first kappa shape index (κ1) is 14.7. The van der Waals surface area contributed by atoms with Crippen molar-refractivity contribution >= 4 is 5.97 Å². The summed E-state index contributed by atoms with van der Waals surface area (Å²) in [6.45, 7) is 3.88. The van der Waals surface area contributed by atoms with E-state index in [4.69, 9.17) is 5.11 Å². The van der Waals surface area contributed by atoms with Crippen molar-refractivity contribution < 1.29 is 14.6 Å². The lowest BCUT2D eigenvalue weighted by atomic mass is 10.1. The molecule has 1 unspecified atom stereocenters. The second kappa shape index (κ2) is 7.89. The third-order valence-electron chi connectivity index (χ3n) is 2.83. The van der Waals surface area contributed by atoms with Gasteiger partial charge >= 0.3 is 5.97 Å². The third-order valence-corrected chi connectivity index (χ3v) is 2.83. The number of carbonyl (C=O) groups is 1. The lowest BCUT2D eigenvalue weighted by Crippen LogP contribution is -2.16. The number of aromatic nitrogens is 1. The van der Waals surface area contributed by atoms with Crippen LogP contribution in [0, 0.1) is 5.92 Å². The fourth-order valence-corrected chi connectivity index (χ4v) is 1.66. The predicted octanol–water partition coefficient (Wildman–Crippen LogP) is 1.30. The second-order valence-corrected chi connectivity index (χ2v) is 4.50. The monoisotopic (exact) mass is 254 g/mol. The zero-order valence-corrected chi connectivity index (χ0v) is 11.0. The number of methoxy groups -OCH3 is 1. The molecule has 0 aromatic carbocycles. The summed E-state index contributed by atoms with van der Waals surface area (Å²) in [6, 6.07) is 3.59. The van der Waals surface area contributed by atoms with Crippen LogP contribution in [0.2, 0.25) is 0 Å². The molecule has 18 heavy (non-hydrogen) atoms. The Morgan fingerprint density at radius 1 is 1.56 bits per heavy atom. The van der Waals surface area contributed by atoms with Crippen molar-refractivity contribution in [2.45, 2.75) is 26.3 Å². The largest absolute Gasteiger partial charge is 0.464 e. The number of rotatable bonds is 8. The number of aliphatic hydroxyl groups is 1. The van der Waals surface area contributed by atoms with Gasteiger partial charge in [0.25, 0.3) is 0 Å². The van der Waals surface area contributed by atoms with E-state index in [1.165, 1.54) is 7.11 Å². The van der Waals surface area contributed by atoms with Gasteiger partial charge in [-0.2, -0.15) is 0 Å². The number of ether oxygens (including phenoxy) is 1. The highest BCUT2D eigenvalue weighted by Crippen LogP contribution is 2.05. The molecular formula is C13H22N2O3. The smallest absolute Gasteiger partial charge is 0.354 e. The number of esters is 1. The summed E-state index contributed by atoms with van der Waals surface area (Å²) in [4.78, 5) is 14.2. The van der Waals surface area contributed by atoms with Gasteiger partial charge in [-0.15, -0.1) is 0 Å². The van der Waals surface area contributed by atoms with Crippen LogP contribution in [0.15, 0.2) is 12.1 Å². The normalized spacial score (nSPS) is 12.4. The minimum atomic E-state index is -0.349. The summed E-state index contributed by atoms with van der Waals surface area (Å²) in [5.74, 6) is 0.0150. The molecule has 0 bridgehead atoms. The Morgan fingerprint density at radius 2 is 2.33 bits per heavy atom. The first-order valence-electron chi connectivity index (χ1n) is 6.25. The van der Waals surface area contributed by atoms with E-state index in [0.717, 1.165) is 25.1 Å². The Labute approximate surface area is 108 Å². The molecule has 102 valence electrons. The lowest BCUT2D eigenvalue weighted by molar-refractivity contribution is 0.0594. The van der Waals surface area contributed by atoms with Crippen LogP contribution in [0.1, 0.15) is 35.9 Å². The third kappa shape index (κ3) is 4.89. The van der Waals surface area contributed by atoms with Gasteiger partial charge in [-0.05, 0) is 37.4 Å². The summed E-state index contributed by atoms with van der Waals surface area (Å²) in [6.07, 6.45) is 2.05. The molecule has 0 radical (unpaired) electrons. The predicted molar refractivity (Wildman–Crippen MR) is 69.3 cm³/mol. The van der Waals surface area contributed by atoms with Crippen LogP contribution in [-0.2, 0) is 11.3 Å². The van der Waals surface area contributed by atoms with Crippen LogP contribution in [-0.4, -0.2) is 36.3 Å². The van der Waals surface area contributed by atoms with Gasteiger partial charge in [0, 0.05) is 18.8 Å². The van der Waals surface area contributed by atoms with E-state index in [0.29, 0.717) is 18.2 Å². The van der Waals surface area contributed by atoms with Crippen LogP contribution in [0.4, 0.5) is 0 Å². The maximum atomic E-state index is 11.2. The highest BCUT2D eigenvalue weighted by molar-refractivity contribution is 5.87. The van der Waals surface area contributed by atoms with Crippen LogP contribution in [0.5, 0.6) is 0 Å². The first-order chi connectivity index (χ1) is 8.67. The standard InChI is InChI=1S/C13H22N2O3/c1-10(9-16)4-3-7-14-8-11-5-6-12(15-11)13(17)18-2/h5-6,10,14-16H,3-4,7-9H2,1-2H3. The lowest BCUT2D eigenvalue weighted by Gasteiger charge is -2.07. The quantitative estimate of drug-likeness (QED) is 0.483. The SMILES string of the molecule is COC(=O)c1ccc(CNCCCC(C)CO)[nH]1. The van der Waals surface area contributed by atoms with Crippen molar-refractivity contribution in [1.82, 2.24) is 10.3 Å². The molecular weight excluding hydrogens is 232 g/mol. The molecule has 5 heteroatoms. The minimum absolute atomic E-state index is 0.249.